The number of halogens is 5. The van der Waals surface area contributed by atoms with Crippen LogP contribution < -0.4 is 0 Å². The van der Waals surface area contributed by atoms with Crippen LogP contribution in [-0.4, -0.2) is 14.8 Å². The van der Waals surface area contributed by atoms with E-state index < -0.39 is 11.2 Å². The standard InChI is InChI=1S/C13H6Cl2F3N3S2/c1-5-9-10(19-12(13(16,17)18)23-11(9)22)21(20-5)6-2-3-7(14)8(15)4-6/h2-4H,1H3. The molecule has 1 aromatic carbocycles. The summed E-state index contributed by atoms with van der Waals surface area (Å²) in [5.41, 5.74) is 0.981. The summed E-state index contributed by atoms with van der Waals surface area (Å²) < 4.78 is 40.3. The smallest absolute Gasteiger partial charge is 0.214 e. The van der Waals surface area contributed by atoms with Crippen LogP contribution in [0.25, 0.3) is 16.7 Å². The number of alkyl halides is 3. The summed E-state index contributed by atoms with van der Waals surface area (Å²) in [5.74, 6) is 0. The maximum atomic E-state index is 13.0. The molecule has 2 aromatic heterocycles. The van der Waals surface area contributed by atoms with Crippen molar-refractivity contribution in [3.8, 4) is 5.69 Å². The summed E-state index contributed by atoms with van der Waals surface area (Å²) in [7, 11) is 0. The van der Waals surface area contributed by atoms with Crippen molar-refractivity contribution >= 4 is 57.8 Å². The molecule has 23 heavy (non-hydrogen) atoms. The summed E-state index contributed by atoms with van der Waals surface area (Å²) in [6, 6.07) is 4.63. The van der Waals surface area contributed by atoms with E-state index in [0.29, 0.717) is 33.1 Å². The third kappa shape index (κ3) is 2.96. The zero-order valence-electron chi connectivity index (χ0n) is 11.3. The molecule has 3 rings (SSSR count). The Morgan fingerprint density at radius 2 is 1.91 bits per heavy atom. The van der Waals surface area contributed by atoms with E-state index >= 15 is 0 Å². The monoisotopic (exact) mass is 395 g/mol. The molecule has 0 unspecified atom stereocenters. The lowest BCUT2D eigenvalue weighted by atomic mass is 10.3. The number of fused-ring (bicyclic) bond motifs is 1. The van der Waals surface area contributed by atoms with Gasteiger partial charge in [0.15, 0.2) is 5.65 Å². The first kappa shape index (κ1) is 16.6. The van der Waals surface area contributed by atoms with Gasteiger partial charge in [-0.25, -0.2) is 9.67 Å². The summed E-state index contributed by atoms with van der Waals surface area (Å²) in [6.07, 6.45) is -4.58. The van der Waals surface area contributed by atoms with E-state index in [9.17, 15) is 13.2 Å². The molecule has 0 amide bonds. The van der Waals surface area contributed by atoms with Crippen molar-refractivity contribution in [3.05, 3.63) is 42.8 Å². The third-order valence-corrected chi connectivity index (χ3v) is 5.13. The number of aryl methyl sites for hydroxylation is 1. The molecule has 120 valence electrons. The molecule has 10 heteroatoms. The third-order valence-electron chi connectivity index (χ3n) is 3.03. The van der Waals surface area contributed by atoms with Gasteiger partial charge in [-0.05, 0) is 25.1 Å². The van der Waals surface area contributed by atoms with Gasteiger partial charge in [0.1, 0.15) is 3.82 Å². The maximum absolute atomic E-state index is 13.0. The van der Waals surface area contributed by atoms with Crippen molar-refractivity contribution in [1.29, 1.82) is 0 Å². The van der Waals surface area contributed by atoms with Crippen molar-refractivity contribution in [3.63, 3.8) is 0 Å². The van der Waals surface area contributed by atoms with Gasteiger partial charge >= 0.3 is 6.18 Å². The molecule has 0 radical (unpaired) electrons. The highest BCUT2D eigenvalue weighted by molar-refractivity contribution is 7.73. The quantitative estimate of drug-likeness (QED) is 0.484. The predicted octanol–water partition coefficient (Wildman–Crippen LogP) is 5.85. The van der Waals surface area contributed by atoms with Crippen LogP contribution in [0.15, 0.2) is 18.2 Å². The van der Waals surface area contributed by atoms with E-state index in [0.717, 1.165) is 0 Å². The summed E-state index contributed by atoms with van der Waals surface area (Å²) in [5, 5.41) is 4.24. The molecule has 2 heterocycles. The fraction of sp³-hybridized carbons (Fsp3) is 0.154. The Morgan fingerprint density at radius 1 is 1.22 bits per heavy atom. The minimum atomic E-state index is -4.58. The van der Waals surface area contributed by atoms with Crippen LogP contribution >= 0.6 is 46.8 Å². The van der Waals surface area contributed by atoms with Gasteiger partial charge in [-0.15, -0.1) is 0 Å². The maximum Gasteiger partial charge on any atom is 0.443 e. The zero-order chi connectivity index (χ0) is 16.9. The van der Waals surface area contributed by atoms with Gasteiger partial charge < -0.3 is 0 Å². The van der Waals surface area contributed by atoms with E-state index in [4.69, 9.17) is 35.4 Å². The molecule has 3 aromatic rings. The normalized spacial score (nSPS) is 12.1. The second-order valence-corrected chi connectivity index (χ2v) is 7.08. The van der Waals surface area contributed by atoms with Crippen molar-refractivity contribution in [2.45, 2.75) is 13.1 Å². The lowest BCUT2D eigenvalue weighted by Gasteiger charge is -2.07. The van der Waals surface area contributed by atoms with Crippen molar-refractivity contribution in [2.24, 2.45) is 0 Å². The van der Waals surface area contributed by atoms with E-state index in [1.54, 1.807) is 13.0 Å². The second kappa shape index (κ2) is 5.70. The fourth-order valence-corrected chi connectivity index (χ4v) is 3.57. The molecule has 0 spiro atoms. The van der Waals surface area contributed by atoms with Crippen LogP contribution in [0.5, 0.6) is 0 Å². The van der Waals surface area contributed by atoms with Gasteiger partial charge in [-0.3, -0.25) is 0 Å². The Balaban J connectivity index is 2.35. The minimum Gasteiger partial charge on any atom is -0.214 e. The molecule has 0 fully saturated rings. The van der Waals surface area contributed by atoms with Gasteiger partial charge in [-0.2, -0.15) is 18.3 Å². The van der Waals surface area contributed by atoms with Gasteiger partial charge in [-0.1, -0.05) is 46.8 Å². The Kier molecular flexibility index (Phi) is 4.12. The van der Waals surface area contributed by atoms with E-state index in [1.165, 1.54) is 16.8 Å². The van der Waals surface area contributed by atoms with Crippen molar-refractivity contribution < 1.29 is 13.2 Å². The first-order chi connectivity index (χ1) is 10.7. The summed E-state index contributed by atoms with van der Waals surface area (Å²) in [6.45, 7) is 1.66. The van der Waals surface area contributed by atoms with Crippen LogP contribution in [0.1, 0.15) is 10.7 Å². The van der Waals surface area contributed by atoms with Crippen LogP contribution in [0.3, 0.4) is 0 Å². The molecule has 0 aliphatic heterocycles. The number of hydrogen-bond donors (Lipinski definition) is 0. The Morgan fingerprint density at radius 3 is 2.52 bits per heavy atom. The fourth-order valence-electron chi connectivity index (χ4n) is 2.03. The van der Waals surface area contributed by atoms with Crippen LogP contribution in [0.4, 0.5) is 13.2 Å². The van der Waals surface area contributed by atoms with E-state index in [1.807, 2.05) is 0 Å². The number of aromatic nitrogens is 3. The lowest BCUT2D eigenvalue weighted by molar-refractivity contribution is -0.137. The van der Waals surface area contributed by atoms with Crippen molar-refractivity contribution in [2.75, 3.05) is 0 Å². The highest BCUT2D eigenvalue weighted by atomic mass is 35.5. The molecular formula is C13H6Cl2F3N3S2. The van der Waals surface area contributed by atoms with Gasteiger partial charge in [0, 0.05) is 0 Å². The number of benzene rings is 1. The van der Waals surface area contributed by atoms with Gasteiger partial charge in [0.05, 0.1) is 26.8 Å². The molecule has 0 saturated carbocycles. The average Bonchev–Trinajstić information content (AvgIpc) is 2.79. The second-order valence-electron chi connectivity index (χ2n) is 4.60. The number of nitrogens with zero attached hydrogens (tertiary/aromatic N) is 3. The zero-order valence-corrected chi connectivity index (χ0v) is 14.4. The number of rotatable bonds is 1. The largest absolute Gasteiger partial charge is 0.443 e. The Bertz CT molecular complexity index is 979. The molecule has 0 aliphatic rings. The van der Waals surface area contributed by atoms with Gasteiger partial charge in [0.25, 0.3) is 0 Å². The van der Waals surface area contributed by atoms with E-state index in [-0.39, 0.29) is 14.5 Å². The Hall–Kier alpha value is -1.22. The average molecular weight is 396 g/mol. The molecule has 0 bridgehead atoms. The number of hydrogen-bond acceptors (Lipinski definition) is 4. The molecule has 0 aliphatic carbocycles. The molecule has 3 nitrogen and oxygen atoms in total. The van der Waals surface area contributed by atoms with Crippen LogP contribution in [0.2, 0.25) is 10.0 Å². The summed E-state index contributed by atoms with van der Waals surface area (Å²) in [4.78, 5) is 3.71. The first-order valence-corrected chi connectivity index (χ1v) is 8.09. The lowest BCUT2D eigenvalue weighted by Crippen LogP contribution is -2.07. The molecule has 0 N–H and O–H groups in total. The predicted molar refractivity (Wildman–Crippen MR) is 87.3 cm³/mol. The highest BCUT2D eigenvalue weighted by Gasteiger charge is 2.35. The van der Waals surface area contributed by atoms with Crippen LogP contribution in [-0.2, 0) is 6.18 Å². The van der Waals surface area contributed by atoms with Crippen molar-refractivity contribution in [1.82, 2.24) is 14.8 Å². The summed E-state index contributed by atoms with van der Waals surface area (Å²) >= 11 is 17.3. The Labute approximate surface area is 147 Å². The van der Waals surface area contributed by atoms with Gasteiger partial charge in [0.2, 0.25) is 5.01 Å². The minimum absolute atomic E-state index is 0.0389. The van der Waals surface area contributed by atoms with E-state index in [2.05, 4.69) is 10.1 Å². The SMILES string of the molecule is Cc1nn(-c2ccc(Cl)c(Cl)c2)c2nc(C(F)(F)F)sc(=S)c12. The topological polar surface area (TPSA) is 30.7 Å². The molecule has 0 atom stereocenters. The highest BCUT2D eigenvalue weighted by Crippen LogP contribution is 2.35. The first-order valence-electron chi connectivity index (χ1n) is 6.11. The molecular weight excluding hydrogens is 390 g/mol. The van der Waals surface area contributed by atoms with Crippen LogP contribution in [0, 0.1) is 10.7 Å². The molecule has 0 saturated heterocycles.